The van der Waals surface area contributed by atoms with E-state index in [1.807, 2.05) is 0 Å². The van der Waals surface area contributed by atoms with Gasteiger partial charge in [-0.05, 0) is 28.3 Å². The molecule has 0 aliphatic heterocycles. The predicted octanol–water partition coefficient (Wildman–Crippen LogP) is 3.11. The van der Waals surface area contributed by atoms with Crippen molar-refractivity contribution in [3.05, 3.63) is 53.6 Å². The summed E-state index contributed by atoms with van der Waals surface area (Å²) < 4.78 is 0. The first-order chi connectivity index (χ1) is 10.7. The molecule has 6 nitrogen and oxygen atoms in total. The molecule has 0 bridgehead atoms. The van der Waals surface area contributed by atoms with E-state index in [0.29, 0.717) is 0 Å². The Balaban J connectivity index is 0.000000416. The van der Waals surface area contributed by atoms with Gasteiger partial charge in [-0.1, -0.05) is 48.6 Å². The molecule has 110 valence electrons. The monoisotopic (exact) mass is 295 g/mol. The van der Waals surface area contributed by atoms with Gasteiger partial charge >= 0.3 is 0 Å². The van der Waals surface area contributed by atoms with Crippen molar-refractivity contribution in [1.82, 2.24) is 0 Å². The smallest absolute Gasteiger partial charge is 0.222 e. The van der Waals surface area contributed by atoms with Crippen molar-refractivity contribution in [2.75, 3.05) is 0 Å². The number of rotatable bonds is 0. The lowest BCUT2D eigenvalue weighted by Crippen LogP contribution is -1.91. The Bertz CT molecular complexity index is 715. The van der Waals surface area contributed by atoms with E-state index in [1.54, 1.807) is 0 Å². The van der Waals surface area contributed by atoms with Crippen LogP contribution in [0.25, 0.3) is 16.8 Å². The van der Waals surface area contributed by atoms with E-state index in [0.717, 1.165) is 24.7 Å². The molecular formula is C16H13N3O3. The summed E-state index contributed by atoms with van der Waals surface area (Å²) in [5, 5.41) is 19.0. The Hall–Kier alpha value is -3.42. The van der Waals surface area contributed by atoms with Gasteiger partial charge in [0.15, 0.2) is 0 Å². The number of allylic oxidation sites excluding steroid dienone is 1. The number of benzene rings is 2. The van der Waals surface area contributed by atoms with Crippen molar-refractivity contribution in [2.45, 2.75) is 6.42 Å². The van der Waals surface area contributed by atoms with Crippen molar-refractivity contribution in [1.29, 1.82) is 16.2 Å². The van der Waals surface area contributed by atoms with Gasteiger partial charge in [-0.15, -0.1) is 0 Å². The maximum absolute atomic E-state index is 8.35. The van der Waals surface area contributed by atoms with Crippen LogP contribution >= 0.6 is 0 Å². The van der Waals surface area contributed by atoms with Gasteiger partial charge in [0.05, 0.1) is 0 Å². The largest absolute Gasteiger partial charge is 0.231 e. The van der Waals surface area contributed by atoms with Crippen LogP contribution in [-0.4, -0.2) is 18.2 Å². The molecule has 3 N–H and O–H groups in total. The van der Waals surface area contributed by atoms with E-state index in [4.69, 9.17) is 30.6 Å². The van der Waals surface area contributed by atoms with E-state index in [2.05, 4.69) is 48.6 Å². The summed E-state index contributed by atoms with van der Waals surface area (Å²) in [7, 11) is 0. The van der Waals surface area contributed by atoms with E-state index >= 15 is 0 Å². The lowest BCUT2D eigenvalue weighted by Gasteiger charge is -2.11. The zero-order valence-electron chi connectivity index (χ0n) is 11.6. The van der Waals surface area contributed by atoms with Crippen molar-refractivity contribution < 1.29 is 14.4 Å². The molecule has 0 unspecified atom stereocenters. The molecular weight excluding hydrogens is 282 g/mol. The molecule has 3 rings (SSSR count). The molecule has 0 atom stereocenters. The molecule has 0 saturated heterocycles. The molecule has 2 aromatic rings. The predicted molar refractivity (Wildman–Crippen MR) is 81.9 cm³/mol. The summed E-state index contributed by atoms with van der Waals surface area (Å²) in [4.78, 5) is 25.0. The molecule has 0 radical (unpaired) electrons. The standard InChI is InChI=1S/C13H10.3CHNO/c1-4-10-6-2-8-12-9-3-7-11(5-1)13(10)12;3*2-1-3/h1-8H,9H2;3*2H. The first-order valence-electron chi connectivity index (χ1n) is 5.98. The molecule has 0 fully saturated rings. The Kier molecular flexibility index (Phi) is 9.64. The zero-order valence-corrected chi connectivity index (χ0v) is 11.6. The quantitative estimate of drug-likeness (QED) is 0.511. The van der Waals surface area contributed by atoms with Gasteiger partial charge in [-0.3, -0.25) is 0 Å². The Morgan fingerprint density at radius 3 is 1.86 bits per heavy atom. The highest BCUT2D eigenvalue weighted by Gasteiger charge is 2.06. The number of isocyanates is 3. The number of hydrogen-bond donors (Lipinski definition) is 3. The fraction of sp³-hybridized carbons (Fsp3) is 0.0625. The highest BCUT2D eigenvalue weighted by Crippen LogP contribution is 2.27. The van der Waals surface area contributed by atoms with Crippen LogP contribution in [0.4, 0.5) is 0 Å². The van der Waals surface area contributed by atoms with Gasteiger partial charge in [0.2, 0.25) is 18.2 Å². The Morgan fingerprint density at radius 2 is 1.32 bits per heavy atom. The lowest BCUT2D eigenvalue weighted by molar-refractivity contribution is 0.562. The van der Waals surface area contributed by atoms with Gasteiger partial charge in [-0.2, -0.15) is 0 Å². The molecule has 22 heavy (non-hydrogen) atoms. The SMILES string of the molecule is C1=Cc2cccc3cccc(c23)C1.N=C=O.N=C=O.N=C=O. The summed E-state index contributed by atoms with van der Waals surface area (Å²) in [6, 6.07) is 13.0. The number of nitrogens with one attached hydrogen (secondary N) is 3. The molecule has 1 aliphatic carbocycles. The molecule has 1 aliphatic rings. The second-order valence-electron chi connectivity index (χ2n) is 3.78. The topological polar surface area (TPSA) is 123 Å². The maximum Gasteiger partial charge on any atom is 0.231 e. The zero-order chi connectivity index (χ0) is 16.8. The summed E-state index contributed by atoms with van der Waals surface area (Å²) >= 11 is 0. The molecule has 0 saturated carbocycles. The lowest BCUT2D eigenvalue weighted by atomic mass is 9.93. The average Bonchev–Trinajstić information content (AvgIpc) is 2.51. The second-order valence-corrected chi connectivity index (χ2v) is 3.78. The van der Waals surface area contributed by atoms with E-state index < -0.39 is 0 Å². The minimum absolute atomic E-state index is 0.750. The fourth-order valence-corrected chi connectivity index (χ4v) is 2.07. The Labute approximate surface area is 126 Å². The third-order valence-corrected chi connectivity index (χ3v) is 2.66. The third kappa shape index (κ3) is 5.70. The molecule has 0 spiro atoms. The Morgan fingerprint density at radius 1 is 0.818 bits per heavy atom. The molecule has 2 aromatic carbocycles. The normalized spacial score (nSPS) is 9.09. The van der Waals surface area contributed by atoms with E-state index in [9.17, 15) is 0 Å². The minimum atomic E-state index is 0.750. The first-order valence-corrected chi connectivity index (χ1v) is 5.98. The molecule has 0 amide bonds. The molecule has 6 heteroatoms. The van der Waals surface area contributed by atoms with Crippen LogP contribution in [-0.2, 0) is 20.8 Å². The summed E-state index contributed by atoms with van der Waals surface area (Å²) in [5.41, 5.74) is 2.81. The second kappa shape index (κ2) is 11.4. The maximum atomic E-state index is 8.35. The van der Waals surface area contributed by atoms with Gasteiger partial charge in [0.1, 0.15) is 0 Å². The van der Waals surface area contributed by atoms with Crippen molar-refractivity contribution >= 4 is 35.1 Å². The number of carbonyl (C=O) groups excluding carboxylic acids is 3. The molecule has 0 aromatic heterocycles. The van der Waals surface area contributed by atoms with Gasteiger partial charge in [0.25, 0.3) is 0 Å². The highest BCUT2D eigenvalue weighted by molar-refractivity contribution is 5.94. The summed E-state index contributed by atoms with van der Waals surface area (Å²) in [6.45, 7) is 0. The van der Waals surface area contributed by atoms with Crippen LogP contribution in [0.1, 0.15) is 11.1 Å². The molecule has 0 heterocycles. The van der Waals surface area contributed by atoms with Crippen molar-refractivity contribution in [2.24, 2.45) is 0 Å². The first kappa shape index (κ1) is 18.6. The van der Waals surface area contributed by atoms with Gasteiger partial charge in [0, 0.05) is 0 Å². The summed E-state index contributed by atoms with van der Waals surface area (Å²) in [5.74, 6) is 0. The minimum Gasteiger partial charge on any atom is -0.222 e. The number of hydrogen-bond acceptors (Lipinski definition) is 6. The van der Waals surface area contributed by atoms with Gasteiger partial charge in [-0.25, -0.2) is 30.6 Å². The van der Waals surface area contributed by atoms with Crippen LogP contribution in [0.5, 0.6) is 0 Å². The van der Waals surface area contributed by atoms with E-state index in [1.165, 1.54) is 21.9 Å². The van der Waals surface area contributed by atoms with Crippen molar-refractivity contribution in [3.8, 4) is 0 Å². The van der Waals surface area contributed by atoms with E-state index in [-0.39, 0.29) is 0 Å². The highest BCUT2D eigenvalue weighted by atomic mass is 16.1. The third-order valence-electron chi connectivity index (χ3n) is 2.66. The fourth-order valence-electron chi connectivity index (χ4n) is 2.07. The van der Waals surface area contributed by atoms with Crippen LogP contribution in [0.3, 0.4) is 0 Å². The summed E-state index contributed by atoms with van der Waals surface area (Å²) in [6.07, 6.45) is 7.78. The van der Waals surface area contributed by atoms with Crippen LogP contribution in [0, 0.1) is 16.2 Å². The van der Waals surface area contributed by atoms with Crippen LogP contribution in [0.15, 0.2) is 42.5 Å². The average molecular weight is 295 g/mol. The van der Waals surface area contributed by atoms with Crippen LogP contribution in [0.2, 0.25) is 0 Å². The van der Waals surface area contributed by atoms with Crippen LogP contribution < -0.4 is 0 Å². The van der Waals surface area contributed by atoms with Gasteiger partial charge < -0.3 is 0 Å². The van der Waals surface area contributed by atoms with Crippen molar-refractivity contribution in [3.63, 3.8) is 0 Å².